The number of likely N-dealkylation sites (tertiary alicyclic amines) is 1. The highest BCUT2D eigenvalue weighted by molar-refractivity contribution is 7.16. The number of hydrogen-bond donors (Lipinski definition) is 1. The highest BCUT2D eigenvalue weighted by atomic mass is 32.1. The summed E-state index contributed by atoms with van der Waals surface area (Å²) in [6.45, 7) is 2.13. The molecule has 0 atom stereocenters. The van der Waals surface area contributed by atoms with Gasteiger partial charge in [-0.15, -0.1) is 11.3 Å². The number of amides is 1. The van der Waals surface area contributed by atoms with Gasteiger partial charge in [-0.25, -0.2) is 4.98 Å². The van der Waals surface area contributed by atoms with Crippen LogP contribution in [0.15, 0.2) is 23.7 Å². The normalized spacial score (nSPS) is 17.4. The first kappa shape index (κ1) is 13.5. The van der Waals surface area contributed by atoms with Gasteiger partial charge in [-0.05, 0) is 50.7 Å². The monoisotopic (exact) mass is 289 g/mol. The Hall–Kier alpha value is -1.46. The van der Waals surface area contributed by atoms with Crippen molar-refractivity contribution in [2.24, 2.45) is 0 Å². The smallest absolute Gasteiger partial charge is 0.224 e. The second kappa shape index (κ2) is 5.89. The van der Waals surface area contributed by atoms with E-state index in [-0.39, 0.29) is 5.91 Å². The van der Waals surface area contributed by atoms with Crippen molar-refractivity contribution in [1.82, 2.24) is 15.2 Å². The highest BCUT2D eigenvalue weighted by Crippen LogP contribution is 2.19. The average molecular weight is 289 g/mol. The number of benzene rings is 1. The first-order chi connectivity index (χ1) is 9.70. The molecule has 1 aliphatic heterocycles. The van der Waals surface area contributed by atoms with Crippen LogP contribution >= 0.6 is 11.3 Å². The minimum absolute atomic E-state index is 0.128. The fourth-order valence-electron chi connectivity index (χ4n) is 2.63. The summed E-state index contributed by atoms with van der Waals surface area (Å²) in [6, 6.07) is 6.40. The Morgan fingerprint density at radius 1 is 1.45 bits per heavy atom. The van der Waals surface area contributed by atoms with Gasteiger partial charge in [-0.2, -0.15) is 0 Å². The molecule has 0 spiro atoms. The molecule has 1 aliphatic rings. The molecule has 1 amide bonds. The molecule has 5 heteroatoms. The van der Waals surface area contributed by atoms with Crippen LogP contribution < -0.4 is 5.32 Å². The van der Waals surface area contributed by atoms with Gasteiger partial charge in [0.1, 0.15) is 0 Å². The Kier molecular flexibility index (Phi) is 3.98. The number of carbonyl (C=O) groups excluding carboxylic acids is 1. The van der Waals surface area contributed by atoms with Crippen LogP contribution in [0.1, 0.15) is 18.4 Å². The fourth-order valence-corrected chi connectivity index (χ4v) is 3.37. The first-order valence-corrected chi connectivity index (χ1v) is 7.89. The quantitative estimate of drug-likeness (QED) is 0.940. The van der Waals surface area contributed by atoms with Gasteiger partial charge >= 0.3 is 0 Å². The Morgan fingerprint density at radius 3 is 3.05 bits per heavy atom. The molecular formula is C15H19N3OS. The molecule has 0 unspecified atom stereocenters. The fraction of sp³-hybridized carbons (Fsp3) is 0.467. The van der Waals surface area contributed by atoms with Crippen LogP contribution in [-0.2, 0) is 11.2 Å². The van der Waals surface area contributed by atoms with Gasteiger partial charge in [-0.3, -0.25) is 4.79 Å². The summed E-state index contributed by atoms with van der Waals surface area (Å²) in [5, 5.41) is 3.15. The summed E-state index contributed by atoms with van der Waals surface area (Å²) in [5.74, 6) is 0.128. The van der Waals surface area contributed by atoms with Gasteiger partial charge in [0.15, 0.2) is 0 Å². The van der Waals surface area contributed by atoms with Gasteiger partial charge in [0.25, 0.3) is 0 Å². The molecule has 2 aromatic rings. The maximum Gasteiger partial charge on any atom is 0.224 e. The number of piperidine rings is 1. The molecule has 2 heterocycles. The second-order valence-corrected chi connectivity index (χ2v) is 6.36. The molecule has 1 N–H and O–H groups in total. The zero-order chi connectivity index (χ0) is 13.9. The predicted molar refractivity (Wildman–Crippen MR) is 82.0 cm³/mol. The van der Waals surface area contributed by atoms with E-state index in [4.69, 9.17) is 0 Å². The van der Waals surface area contributed by atoms with Crippen LogP contribution in [-0.4, -0.2) is 42.0 Å². The van der Waals surface area contributed by atoms with Crippen molar-refractivity contribution in [2.75, 3.05) is 20.1 Å². The van der Waals surface area contributed by atoms with E-state index < -0.39 is 0 Å². The molecule has 3 rings (SSSR count). The van der Waals surface area contributed by atoms with Gasteiger partial charge in [0, 0.05) is 6.04 Å². The predicted octanol–water partition coefficient (Wildman–Crippen LogP) is 2.05. The molecule has 0 aliphatic carbocycles. The Bertz CT molecular complexity index is 602. The SMILES string of the molecule is CN1CCC(NC(=O)Cc2ccc3ncsc3c2)CC1. The number of carbonyl (C=O) groups is 1. The number of nitrogens with zero attached hydrogens (tertiary/aromatic N) is 2. The third kappa shape index (κ3) is 3.16. The molecule has 4 nitrogen and oxygen atoms in total. The summed E-state index contributed by atoms with van der Waals surface area (Å²) in [6.07, 6.45) is 2.56. The van der Waals surface area contributed by atoms with Crippen LogP contribution in [0.3, 0.4) is 0 Å². The standard InChI is InChI=1S/C15H19N3OS/c1-18-6-4-12(5-7-18)17-15(19)9-11-2-3-13-14(8-11)20-10-16-13/h2-3,8,10,12H,4-7,9H2,1H3,(H,17,19). The molecule has 0 radical (unpaired) electrons. The lowest BCUT2D eigenvalue weighted by Crippen LogP contribution is -2.43. The molecular weight excluding hydrogens is 270 g/mol. The first-order valence-electron chi connectivity index (χ1n) is 7.01. The molecule has 0 bridgehead atoms. The Labute approximate surface area is 122 Å². The number of hydrogen-bond acceptors (Lipinski definition) is 4. The van der Waals surface area contributed by atoms with Crippen LogP contribution in [0.4, 0.5) is 0 Å². The number of aromatic nitrogens is 1. The highest BCUT2D eigenvalue weighted by Gasteiger charge is 2.18. The van der Waals surface area contributed by atoms with Crippen molar-refractivity contribution in [3.05, 3.63) is 29.3 Å². The van der Waals surface area contributed by atoms with Crippen LogP contribution in [0.25, 0.3) is 10.2 Å². The Balaban J connectivity index is 1.58. The summed E-state index contributed by atoms with van der Waals surface area (Å²) in [7, 11) is 2.13. The zero-order valence-corrected chi connectivity index (χ0v) is 12.4. The maximum atomic E-state index is 12.1. The van der Waals surface area contributed by atoms with Gasteiger partial charge in [0.2, 0.25) is 5.91 Å². The summed E-state index contributed by atoms with van der Waals surface area (Å²) < 4.78 is 1.15. The van der Waals surface area contributed by atoms with Gasteiger partial charge in [-0.1, -0.05) is 6.07 Å². The maximum absolute atomic E-state index is 12.1. The zero-order valence-electron chi connectivity index (χ0n) is 11.6. The van der Waals surface area contributed by atoms with Crippen molar-refractivity contribution in [1.29, 1.82) is 0 Å². The number of fused-ring (bicyclic) bond motifs is 1. The largest absolute Gasteiger partial charge is 0.353 e. The van der Waals surface area contributed by atoms with E-state index in [0.717, 1.165) is 41.7 Å². The van der Waals surface area contributed by atoms with Crippen molar-refractivity contribution in [3.8, 4) is 0 Å². The Morgan fingerprint density at radius 2 is 2.25 bits per heavy atom. The van der Waals surface area contributed by atoms with E-state index in [1.807, 2.05) is 17.6 Å². The number of thiazole rings is 1. The molecule has 1 saturated heterocycles. The molecule has 1 aromatic carbocycles. The summed E-state index contributed by atoms with van der Waals surface area (Å²) >= 11 is 1.62. The number of nitrogens with one attached hydrogen (secondary N) is 1. The molecule has 106 valence electrons. The van der Waals surface area contributed by atoms with E-state index in [1.165, 1.54) is 0 Å². The van der Waals surface area contributed by atoms with Crippen molar-refractivity contribution in [2.45, 2.75) is 25.3 Å². The van der Waals surface area contributed by atoms with Gasteiger partial charge in [0.05, 0.1) is 22.1 Å². The van der Waals surface area contributed by atoms with Crippen molar-refractivity contribution in [3.63, 3.8) is 0 Å². The summed E-state index contributed by atoms with van der Waals surface area (Å²) in [5.41, 5.74) is 3.91. The minimum atomic E-state index is 0.128. The van der Waals surface area contributed by atoms with E-state index in [2.05, 4.69) is 28.3 Å². The van der Waals surface area contributed by atoms with E-state index in [1.54, 1.807) is 11.3 Å². The van der Waals surface area contributed by atoms with Crippen LogP contribution in [0.5, 0.6) is 0 Å². The third-order valence-corrected chi connectivity index (χ3v) is 4.64. The lowest BCUT2D eigenvalue weighted by molar-refractivity contribution is -0.121. The van der Waals surface area contributed by atoms with E-state index in [0.29, 0.717) is 12.5 Å². The molecule has 0 saturated carbocycles. The second-order valence-electron chi connectivity index (χ2n) is 5.48. The van der Waals surface area contributed by atoms with Crippen LogP contribution in [0, 0.1) is 0 Å². The molecule has 1 fully saturated rings. The summed E-state index contributed by atoms with van der Waals surface area (Å²) in [4.78, 5) is 18.7. The van der Waals surface area contributed by atoms with Crippen LogP contribution in [0.2, 0.25) is 0 Å². The average Bonchev–Trinajstić information content (AvgIpc) is 2.89. The lowest BCUT2D eigenvalue weighted by Gasteiger charge is -2.29. The van der Waals surface area contributed by atoms with Crippen molar-refractivity contribution >= 4 is 27.5 Å². The third-order valence-electron chi connectivity index (χ3n) is 3.84. The minimum Gasteiger partial charge on any atom is -0.353 e. The molecule has 1 aromatic heterocycles. The van der Waals surface area contributed by atoms with Crippen molar-refractivity contribution < 1.29 is 4.79 Å². The topological polar surface area (TPSA) is 45.2 Å². The lowest BCUT2D eigenvalue weighted by atomic mass is 10.0. The van der Waals surface area contributed by atoms with E-state index >= 15 is 0 Å². The van der Waals surface area contributed by atoms with E-state index in [9.17, 15) is 4.79 Å². The number of rotatable bonds is 3. The van der Waals surface area contributed by atoms with Gasteiger partial charge < -0.3 is 10.2 Å². The molecule has 20 heavy (non-hydrogen) atoms.